The normalized spacial score (nSPS) is 10.2. The zero-order chi connectivity index (χ0) is 14.0. The van der Waals surface area contributed by atoms with Crippen molar-refractivity contribution in [2.75, 3.05) is 7.05 Å². The summed E-state index contributed by atoms with van der Waals surface area (Å²) in [4.78, 5) is 20.0. The number of rotatable bonds is 3. The predicted octanol–water partition coefficient (Wildman–Crippen LogP) is -0.0355. The van der Waals surface area contributed by atoms with E-state index in [0.717, 1.165) is 0 Å². The van der Waals surface area contributed by atoms with E-state index in [4.69, 9.17) is 18.0 Å². The highest BCUT2D eigenvalue weighted by molar-refractivity contribution is 7.80. The fourth-order valence-electron chi connectivity index (χ4n) is 1.47. The van der Waals surface area contributed by atoms with E-state index in [2.05, 4.69) is 20.4 Å². The number of carbonyl (C=O) groups is 1. The summed E-state index contributed by atoms with van der Waals surface area (Å²) in [5, 5.41) is 6.58. The van der Waals surface area contributed by atoms with Crippen LogP contribution >= 0.6 is 12.2 Å². The second-order valence-corrected chi connectivity index (χ2v) is 4.22. The van der Waals surface area contributed by atoms with Crippen molar-refractivity contribution >= 4 is 23.1 Å². The van der Waals surface area contributed by atoms with Gasteiger partial charge in [0.1, 0.15) is 10.7 Å². The number of nitrogens with one attached hydrogen (secondary N) is 1. The number of aromatic nitrogens is 4. The van der Waals surface area contributed by atoms with E-state index in [1.165, 1.54) is 11.7 Å². The zero-order valence-corrected chi connectivity index (χ0v) is 11.2. The first-order valence-corrected chi connectivity index (χ1v) is 5.85. The number of hydrogen-bond acceptors (Lipinski definition) is 5. The average Bonchev–Trinajstić information content (AvgIpc) is 2.86. The smallest absolute Gasteiger partial charge is 0.271 e. The van der Waals surface area contributed by atoms with Crippen LogP contribution < -0.4 is 11.1 Å². The first-order chi connectivity index (χ1) is 9.01. The van der Waals surface area contributed by atoms with Gasteiger partial charge in [0.15, 0.2) is 5.69 Å². The van der Waals surface area contributed by atoms with E-state index >= 15 is 0 Å². The number of nitrogens with zero attached hydrogens (tertiary/aromatic N) is 4. The molecular formula is C11H12N6OS. The van der Waals surface area contributed by atoms with Crippen LogP contribution in [-0.2, 0) is 0 Å². The lowest BCUT2D eigenvalue weighted by molar-refractivity contribution is 0.0957. The highest BCUT2D eigenvalue weighted by Gasteiger charge is 2.11. The van der Waals surface area contributed by atoms with Gasteiger partial charge in [-0.3, -0.25) is 4.79 Å². The molecule has 8 heteroatoms. The van der Waals surface area contributed by atoms with Gasteiger partial charge in [0, 0.05) is 18.9 Å². The molecule has 3 N–H and O–H groups in total. The molecule has 2 aromatic rings. The van der Waals surface area contributed by atoms with Crippen molar-refractivity contribution < 1.29 is 4.79 Å². The molecule has 0 spiro atoms. The van der Waals surface area contributed by atoms with Crippen LogP contribution in [0.1, 0.15) is 21.9 Å². The van der Waals surface area contributed by atoms with Crippen molar-refractivity contribution in [3.05, 3.63) is 35.4 Å². The minimum Gasteiger partial charge on any atom is -0.388 e. The second-order valence-electron chi connectivity index (χ2n) is 3.78. The van der Waals surface area contributed by atoms with Crippen molar-refractivity contribution in [1.29, 1.82) is 0 Å². The Labute approximate surface area is 114 Å². The summed E-state index contributed by atoms with van der Waals surface area (Å²) in [6, 6.07) is 3.26. The molecule has 1 amide bonds. The first kappa shape index (κ1) is 13.1. The molecule has 0 aromatic carbocycles. The average molecular weight is 276 g/mol. The van der Waals surface area contributed by atoms with Gasteiger partial charge in [-0.25, -0.2) is 14.6 Å². The van der Waals surface area contributed by atoms with Crippen molar-refractivity contribution in [3.63, 3.8) is 0 Å². The second kappa shape index (κ2) is 5.11. The van der Waals surface area contributed by atoms with Crippen LogP contribution in [0, 0.1) is 6.92 Å². The van der Waals surface area contributed by atoms with E-state index in [9.17, 15) is 4.79 Å². The van der Waals surface area contributed by atoms with Gasteiger partial charge in [-0.05, 0) is 19.1 Å². The summed E-state index contributed by atoms with van der Waals surface area (Å²) in [6.07, 6.45) is 1.60. The van der Waals surface area contributed by atoms with E-state index in [-0.39, 0.29) is 16.6 Å². The maximum Gasteiger partial charge on any atom is 0.271 e. The van der Waals surface area contributed by atoms with Gasteiger partial charge < -0.3 is 11.1 Å². The molecule has 2 rings (SSSR count). The van der Waals surface area contributed by atoms with E-state index < -0.39 is 0 Å². The summed E-state index contributed by atoms with van der Waals surface area (Å²) in [7, 11) is 1.54. The Morgan fingerprint density at radius 2 is 2.16 bits per heavy atom. The number of amides is 1. The van der Waals surface area contributed by atoms with E-state index in [0.29, 0.717) is 17.3 Å². The zero-order valence-electron chi connectivity index (χ0n) is 10.4. The first-order valence-electron chi connectivity index (χ1n) is 5.45. The molecule has 0 saturated carbocycles. The maximum atomic E-state index is 11.4. The van der Waals surface area contributed by atoms with Crippen molar-refractivity contribution in [3.8, 4) is 5.95 Å². The number of nitrogens with two attached hydrogens (primary N) is 1. The third kappa shape index (κ3) is 2.74. The van der Waals surface area contributed by atoms with Crippen LogP contribution in [0.4, 0.5) is 0 Å². The molecule has 0 aliphatic carbocycles. The third-order valence-electron chi connectivity index (χ3n) is 2.35. The van der Waals surface area contributed by atoms with Crippen LogP contribution in [0.25, 0.3) is 5.95 Å². The van der Waals surface area contributed by atoms with Crippen LogP contribution in [0.3, 0.4) is 0 Å². The molecule has 7 nitrogen and oxygen atoms in total. The van der Waals surface area contributed by atoms with Crippen LogP contribution in [0.5, 0.6) is 0 Å². The highest BCUT2D eigenvalue weighted by Crippen LogP contribution is 2.06. The molecule has 0 fully saturated rings. The van der Waals surface area contributed by atoms with Crippen LogP contribution in [0.15, 0.2) is 18.3 Å². The Balaban J connectivity index is 2.44. The Morgan fingerprint density at radius 3 is 2.79 bits per heavy atom. The van der Waals surface area contributed by atoms with E-state index in [1.54, 1.807) is 25.3 Å². The number of thiocarbonyl (C=S) groups is 1. The lowest BCUT2D eigenvalue weighted by Crippen LogP contribution is -2.19. The van der Waals surface area contributed by atoms with Crippen molar-refractivity contribution in [1.82, 2.24) is 25.1 Å². The molecule has 0 aliphatic rings. The summed E-state index contributed by atoms with van der Waals surface area (Å²) in [5.41, 5.74) is 7.01. The minimum absolute atomic E-state index is 0.186. The summed E-state index contributed by atoms with van der Waals surface area (Å²) in [6.45, 7) is 1.80. The van der Waals surface area contributed by atoms with Gasteiger partial charge in [-0.2, -0.15) is 5.10 Å². The van der Waals surface area contributed by atoms with Gasteiger partial charge in [0.2, 0.25) is 0 Å². The van der Waals surface area contributed by atoms with Crippen molar-refractivity contribution in [2.45, 2.75) is 6.92 Å². The number of aryl methyl sites for hydroxylation is 1. The Bertz CT molecular complexity index is 650. The van der Waals surface area contributed by atoms with Crippen LogP contribution in [-0.4, -0.2) is 37.7 Å². The summed E-state index contributed by atoms with van der Waals surface area (Å²) in [5.74, 6) is 0.0407. The largest absolute Gasteiger partial charge is 0.388 e. The Morgan fingerprint density at radius 1 is 1.42 bits per heavy atom. The van der Waals surface area contributed by atoms with E-state index in [1.807, 2.05) is 0 Å². The minimum atomic E-state index is -0.277. The topological polar surface area (TPSA) is 98.7 Å². The predicted molar refractivity (Wildman–Crippen MR) is 73.2 cm³/mol. The monoisotopic (exact) mass is 276 g/mol. The van der Waals surface area contributed by atoms with Gasteiger partial charge in [0.05, 0.1) is 0 Å². The summed E-state index contributed by atoms with van der Waals surface area (Å²) < 4.78 is 1.40. The third-order valence-corrected chi connectivity index (χ3v) is 2.56. The quantitative estimate of drug-likeness (QED) is 0.763. The van der Waals surface area contributed by atoms with Gasteiger partial charge in [-0.1, -0.05) is 12.2 Å². The lowest BCUT2D eigenvalue weighted by atomic mass is 10.3. The molecule has 2 aromatic heterocycles. The van der Waals surface area contributed by atoms with Gasteiger partial charge >= 0.3 is 0 Å². The fourth-order valence-corrected chi connectivity index (χ4v) is 1.57. The molecule has 0 unspecified atom stereocenters. The van der Waals surface area contributed by atoms with Crippen LogP contribution in [0.2, 0.25) is 0 Å². The van der Waals surface area contributed by atoms with Gasteiger partial charge in [0.25, 0.3) is 11.9 Å². The summed E-state index contributed by atoms with van der Waals surface area (Å²) >= 11 is 4.89. The molecule has 0 radical (unpaired) electrons. The molecule has 98 valence electrons. The molecule has 19 heavy (non-hydrogen) atoms. The van der Waals surface area contributed by atoms with Gasteiger partial charge in [-0.15, -0.1) is 0 Å². The Kier molecular flexibility index (Phi) is 3.52. The molecule has 0 aliphatic heterocycles. The fraction of sp³-hybridized carbons (Fsp3) is 0.182. The Hall–Kier alpha value is -2.35. The number of hydrogen-bond donors (Lipinski definition) is 2. The standard InChI is InChI=1S/C11H12N6OS/c1-6-5-8(9(12)19)15-11(14-6)17-4-3-7(16-17)10(18)13-2/h3-5H,1-2H3,(H2,12,19)(H,13,18). The van der Waals surface area contributed by atoms with Crippen molar-refractivity contribution in [2.24, 2.45) is 5.73 Å². The molecule has 2 heterocycles. The highest BCUT2D eigenvalue weighted by atomic mass is 32.1. The molecule has 0 bridgehead atoms. The number of carbonyl (C=O) groups excluding carboxylic acids is 1. The molecule has 0 atom stereocenters. The molecular weight excluding hydrogens is 264 g/mol. The lowest BCUT2D eigenvalue weighted by Gasteiger charge is -2.04. The maximum absolute atomic E-state index is 11.4. The SMILES string of the molecule is CNC(=O)c1ccn(-c2nc(C)cc(C(N)=S)n2)n1. The molecule has 0 saturated heterocycles.